The molecule has 2 aromatic rings. The van der Waals surface area contributed by atoms with Crippen LogP contribution in [0.1, 0.15) is 23.6 Å². The Morgan fingerprint density at radius 1 is 1.16 bits per heavy atom. The zero-order valence-corrected chi connectivity index (χ0v) is 13.2. The number of benzene rings is 2. The fourth-order valence-electron chi connectivity index (χ4n) is 2.16. The van der Waals surface area contributed by atoms with Gasteiger partial charge < -0.3 is 5.32 Å². The fraction of sp³-hybridized carbons (Fsp3) is 0.250. The van der Waals surface area contributed by atoms with Crippen LogP contribution in [0, 0.1) is 0 Å². The average Bonchev–Trinajstić information content (AvgIpc) is 2.44. The van der Waals surface area contributed by atoms with Gasteiger partial charge in [-0.2, -0.15) is 0 Å². The molecule has 2 aromatic carbocycles. The fourth-order valence-corrected chi connectivity index (χ4v) is 2.60. The summed E-state index contributed by atoms with van der Waals surface area (Å²) in [5.74, 6) is 0. The molecule has 3 heteroatoms. The normalized spacial score (nSPS) is 12.4. The van der Waals surface area contributed by atoms with Crippen LogP contribution in [0.15, 0.2) is 53.0 Å². The molecule has 19 heavy (non-hydrogen) atoms. The predicted octanol–water partition coefficient (Wildman–Crippen LogP) is 5.00. The smallest absolute Gasteiger partial charge is 0.0551 e. The van der Waals surface area contributed by atoms with Crippen LogP contribution in [0.5, 0.6) is 0 Å². The molecule has 1 N–H and O–H groups in total. The Morgan fingerprint density at radius 3 is 2.53 bits per heavy atom. The third kappa shape index (κ3) is 4.07. The highest BCUT2D eigenvalue weighted by Gasteiger charge is 2.10. The maximum absolute atomic E-state index is 6.16. The maximum atomic E-state index is 6.16. The van der Waals surface area contributed by atoms with E-state index >= 15 is 0 Å². The molecule has 0 spiro atoms. The summed E-state index contributed by atoms with van der Waals surface area (Å²) in [5.41, 5.74) is 2.59. The number of halogens is 2. The molecule has 0 fully saturated rings. The minimum atomic E-state index is 0.325. The van der Waals surface area contributed by atoms with Crippen LogP contribution in [0.4, 0.5) is 0 Å². The van der Waals surface area contributed by atoms with Gasteiger partial charge >= 0.3 is 0 Å². The Kier molecular flexibility index (Phi) is 5.44. The van der Waals surface area contributed by atoms with E-state index in [2.05, 4.69) is 51.6 Å². The Bertz CT molecular complexity index is 528. The molecule has 0 saturated carbocycles. The van der Waals surface area contributed by atoms with Gasteiger partial charge in [-0.25, -0.2) is 0 Å². The topological polar surface area (TPSA) is 12.0 Å². The minimum absolute atomic E-state index is 0.325. The van der Waals surface area contributed by atoms with Gasteiger partial charge in [0.05, 0.1) is 5.02 Å². The van der Waals surface area contributed by atoms with Gasteiger partial charge in [-0.05, 0) is 59.1 Å². The molecule has 100 valence electrons. The summed E-state index contributed by atoms with van der Waals surface area (Å²) in [5, 5.41) is 4.12. The molecule has 2 rings (SSSR count). The van der Waals surface area contributed by atoms with Gasteiger partial charge in [0.2, 0.25) is 0 Å². The summed E-state index contributed by atoms with van der Waals surface area (Å²) < 4.78 is 0.941. The van der Waals surface area contributed by atoms with Crippen molar-refractivity contribution in [3.63, 3.8) is 0 Å². The molecule has 0 aliphatic carbocycles. The molecule has 0 aromatic heterocycles. The predicted molar refractivity (Wildman–Crippen MR) is 85.7 cm³/mol. The molecular weight excluding hydrogens is 322 g/mol. The summed E-state index contributed by atoms with van der Waals surface area (Å²) in [6.45, 7) is 0. The van der Waals surface area contributed by atoms with E-state index < -0.39 is 0 Å². The Morgan fingerprint density at radius 2 is 1.89 bits per heavy atom. The van der Waals surface area contributed by atoms with Crippen molar-refractivity contribution < 1.29 is 0 Å². The van der Waals surface area contributed by atoms with Crippen LogP contribution in [0.25, 0.3) is 0 Å². The standard InChI is InChI=1S/C16H17BrClN/c1-19-16(10-7-12-5-3-2-4-6-12)13-8-9-14(17)15(18)11-13/h2-6,8-9,11,16,19H,7,10H2,1H3. The van der Waals surface area contributed by atoms with E-state index in [1.165, 1.54) is 11.1 Å². The first kappa shape index (κ1) is 14.6. The van der Waals surface area contributed by atoms with Crippen molar-refractivity contribution in [2.24, 2.45) is 0 Å². The first-order valence-electron chi connectivity index (χ1n) is 6.37. The summed E-state index contributed by atoms with van der Waals surface area (Å²) >= 11 is 9.58. The molecular formula is C16H17BrClN. The van der Waals surface area contributed by atoms with Crippen molar-refractivity contribution in [1.29, 1.82) is 0 Å². The first-order valence-corrected chi connectivity index (χ1v) is 7.54. The van der Waals surface area contributed by atoms with Gasteiger partial charge in [-0.3, -0.25) is 0 Å². The second-order valence-electron chi connectivity index (χ2n) is 4.54. The van der Waals surface area contributed by atoms with Gasteiger partial charge in [-0.1, -0.05) is 48.0 Å². The maximum Gasteiger partial charge on any atom is 0.0551 e. The van der Waals surface area contributed by atoms with Crippen molar-refractivity contribution in [3.8, 4) is 0 Å². The van der Waals surface area contributed by atoms with E-state index in [4.69, 9.17) is 11.6 Å². The van der Waals surface area contributed by atoms with Crippen LogP contribution < -0.4 is 5.32 Å². The lowest BCUT2D eigenvalue weighted by molar-refractivity contribution is 0.549. The molecule has 0 bridgehead atoms. The number of nitrogens with one attached hydrogen (secondary N) is 1. The van der Waals surface area contributed by atoms with Crippen molar-refractivity contribution >= 4 is 27.5 Å². The molecule has 0 aliphatic heterocycles. The molecule has 0 heterocycles. The molecule has 0 saturated heterocycles. The molecule has 0 aliphatic rings. The van der Waals surface area contributed by atoms with Crippen molar-refractivity contribution in [2.75, 3.05) is 7.05 Å². The Balaban J connectivity index is 2.05. The van der Waals surface area contributed by atoms with E-state index in [0.717, 1.165) is 22.3 Å². The number of aryl methyl sites for hydroxylation is 1. The lowest BCUT2D eigenvalue weighted by atomic mass is 9.99. The quantitative estimate of drug-likeness (QED) is 0.809. The SMILES string of the molecule is CNC(CCc1ccccc1)c1ccc(Br)c(Cl)c1. The Hall–Kier alpha value is -0.830. The van der Waals surface area contributed by atoms with Crippen LogP contribution in [0.3, 0.4) is 0 Å². The molecule has 1 atom stereocenters. The molecule has 0 amide bonds. The number of hydrogen-bond acceptors (Lipinski definition) is 1. The van der Waals surface area contributed by atoms with E-state index in [-0.39, 0.29) is 0 Å². The van der Waals surface area contributed by atoms with Crippen LogP contribution >= 0.6 is 27.5 Å². The van der Waals surface area contributed by atoms with Crippen LogP contribution in [-0.4, -0.2) is 7.05 Å². The van der Waals surface area contributed by atoms with Crippen molar-refractivity contribution in [3.05, 3.63) is 69.2 Å². The highest BCUT2D eigenvalue weighted by Crippen LogP contribution is 2.27. The van der Waals surface area contributed by atoms with E-state index in [0.29, 0.717) is 6.04 Å². The van der Waals surface area contributed by atoms with E-state index in [1.54, 1.807) is 0 Å². The van der Waals surface area contributed by atoms with Crippen molar-refractivity contribution in [1.82, 2.24) is 5.32 Å². The third-order valence-electron chi connectivity index (χ3n) is 3.26. The largest absolute Gasteiger partial charge is 0.313 e. The van der Waals surface area contributed by atoms with E-state index in [9.17, 15) is 0 Å². The third-order valence-corrected chi connectivity index (χ3v) is 4.49. The van der Waals surface area contributed by atoms with Gasteiger partial charge in [0.25, 0.3) is 0 Å². The first-order chi connectivity index (χ1) is 9.20. The molecule has 0 radical (unpaired) electrons. The molecule has 1 nitrogen and oxygen atoms in total. The molecule has 1 unspecified atom stereocenters. The zero-order valence-electron chi connectivity index (χ0n) is 10.9. The van der Waals surface area contributed by atoms with Crippen LogP contribution in [-0.2, 0) is 6.42 Å². The van der Waals surface area contributed by atoms with Crippen molar-refractivity contribution in [2.45, 2.75) is 18.9 Å². The Labute approximate surface area is 128 Å². The average molecular weight is 339 g/mol. The van der Waals surface area contributed by atoms with E-state index in [1.807, 2.05) is 25.2 Å². The monoisotopic (exact) mass is 337 g/mol. The lowest BCUT2D eigenvalue weighted by Gasteiger charge is -2.17. The summed E-state index contributed by atoms with van der Waals surface area (Å²) in [6, 6.07) is 17.0. The van der Waals surface area contributed by atoms with Crippen LogP contribution in [0.2, 0.25) is 5.02 Å². The summed E-state index contributed by atoms with van der Waals surface area (Å²) in [7, 11) is 1.99. The van der Waals surface area contributed by atoms with Gasteiger partial charge in [0, 0.05) is 10.5 Å². The minimum Gasteiger partial charge on any atom is -0.313 e. The second-order valence-corrected chi connectivity index (χ2v) is 5.80. The van der Waals surface area contributed by atoms with Gasteiger partial charge in [0.1, 0.15) is 0 Å². The summed E-state index contributed by atoms with van der Waals surface area (Å²) in [6.07, 6.45) is 2.11. The lowest BCUT2D eigenvalue weighted by Crippen LogP contribution is -2.17. The van der Waals surface area contributed by atoms with Gasteiger partial charge in [0.15, 0.2) is 0 Å². The zero-order chi connectivity index (χ0) is 13.7. The number of rotatable bonds is 5. The highest BCUT2D eigenvalue weighted by molar-refractivity contribution is 9.10. The second kappa shape index (κ2) is 7.09. The highest BCUT2D eigenvalue weighted by atomic mass is 79.9. The number of hydrogen-bond donors (Lipinski definition) is 1. The summed E-state index contributed by atoms with van der Waals surface area (Å²) in [4.78, 5) is 0. The van der Waals surface area contributed by atoms with Gasteiger partial charge in [-0.15, -0.1) is 0 Å².